The van der Waals surface area contributed by atoms with Crippen molar-refractivity contribution in [1.29, 1.82) is 0 Å². The topological polar surface area (TPSA) is 56.7 Å². The summed E-state index contributed by atoms with van der Waals surface area (Å²) in [6.45, 7) is 5.58. The van der Waals surface area contributed by atoms with E-state index in [1.165, 1.54) is 6.42 Å². The number of benzene rings is 1. The van der Waals surface area contributed by atoms with Gasteiger partial charge in [-0.3, -0.25) is 9.79 Å². The zero-order valence-electron chi connectivity index (χ0n) is 15.4. The number of aliphatic imine (C=N–C) groups is 1. The van der Waals surface area contributed by atoms with Gasteiger partial charge >= 0.3 is 0 Å². The summed E-state index contributed by atoms with van der Waals surface area (Å²) in [7, 11) is 1.78. The Hall–Kier alpha value is -1.31. The van der Waals surface area contributed by atoms with Crippen LogP contribution in [-0.2, 0) is 6.54 Å². The predicted octanol–water partition coefficient (Wildman–Crippen LogP) is 3.40. The molecule has 0 saturated carbocycles. The predicted molar refractivity (Wildman–Crippen MR) is 115 cm³/mol. The second-order valence-corrected chi connectivity index (χ2v) is 6.26. The van der Waals surface area contributed by atoms with Crippen LogP contribution in [0.4, 0.5) is 0 Å². The van der Waals surface area contributed by atoms with Crippen molar-refractivity contribution >= 4 is 35.8 Å². The molecule has 1 heterocycles. The van der Waals surface area contributed by atoms with Crippen LogP contribution in [0.5, 0.6) is 0 Å². The van der Waals surface area contributed by atoms with Crippen molar-refractivity contribution in [3.05, 3.63) is 35.4 Å². The largest absolute Gasteiger partial charge is 0.356 e. The molecule has 0 aliphatic carbocycles. The standard InChI is InChI=1S/C19H30N4O.HI/c1-3-4-12-21-19(20-2)22-15-16-8-10-17(11-9-16)18(24)23-13-6-5-7-14-23;/h8-11H,3-7,12-15H2,1-2H3,(H2,20,21,22);1H. The molecular weight excluding hydrogens is 427 g/mol. The van der Waals surface area contributed by atoms with Crippen molar-refractivity contribution in [3.63, 3.8) is 0 Å². The highest BCUT2D eigenvalue weighted by Crippen LogP contribution is 2.13. The van der Waals surface area contributed by atoms with E-state index in [-0.39, 0.29) is 29.9 Å². The summed E-state index contributed by atoms with van der Waals surface area (Å²) in [6.07, 6.45) is 5.78. The van der Waals surface area contributed by atoms with Gasteiger partial charge in [0.15, 0.2) is 5.96 Å². The minimum absolute atomic E-state index is 0. The number of nitrogens with zero attached hydrogens (tertiary/aromatic N) is 2. The van der Waals surface area contributed by atoms with Crippen LogP contribution in [0.1, 0.15) is 54.9 Å². The average molecular weight is 458 g/mol. The van der Waals surface area contributed by atoms with Crippen LogP contribution in [0.2, 0.25) is 0 Å². The Balaban J connectivity index is 0.00000312. The van der Waals surface area contributed by atoms with Crippen molar-refractivity contribution in [2.24, 2.45) is 4.99 Å². The Morgan fingerprint density at radius 1 is 1.12 bits per heavy atom. The number of hydrogen-bond donors (Lipinski definition) is 2. The number of halogens is 1. The molecule has 2 N–H and O–H groups in total. The molecule has 1 aliphatic rings. The molecule has 1 amide bonds. The SMILES string of the molecule is CCCCNC(=NC)NCc1ccc(C(=O)N2CCCCC2)cc1.I. The van der Waals surface area contributed by atoms with Gasteiger partial charge < -0.3 is 15.5 Å². The summed E-state index contributed by atoms with van der Waals surface area (Å²) >= 11 is 0. The summed E-state index contributed by atoms with van der Waals surface area (Å²) in [5.74, 6) is 0.975. The van der Waals surface area contributed by atoms with Crippen molar-refractivity contribution in [2.75, 3.05) is 26.7 Å². The third-order valence-corrected chi connectivity index (χ3v) is 4.35. The van der Waals surface area contributed by atoms with E-state index >= 15 is 0 Å². The molecule has 0 radical (unpaired) electrons. The highest BCUT2D eigenvalue weighted by atomic mass is 127. The first-order valence-electron chi connectivity index (χ1n) is 9.07. The Kier molecular flexibility index (Phi) is 10.5. The number of guanidine groups is 1. The Labute approximate surface area is 168 Å². The molecule has 0 bridgehead atoms. The van der Waals surface area contributed by atoms with Crippen LogP contribution in [0.15, 0.2) is 29.3 Å². The first-order chi connectivity index (χ1) is 11.7. The first-order valence-corrected chi connectivity index (χ1v) is 9.07. The summed E-state index contributed by atoms with van der Waals surface area (Å²) in [5, 5.41) is 6.59. The molecular formula is C19H31IN4O. The summed E-state index contributed by atoms with van der Waals surface area (Å²) in [5.41, 5.74) is 1.93. The normalized spacial score (nSPS) is 14.6. The van der Waals surface area contributed by atoms with Gasteiger partial charge in [-0.05, 0) is 43.4 Å². The Morgan fingerprint density at radius 3 is 2.40 bits per heavy atom. The number of nitrogens with one attached hydrogen (secondary N) is 2. The van der Waals surface area contributed by atoms with Gasteiger partial charge in [-0.1, -0.05) is 25.5 Å². The minimum atomic E-state index is 0. The van der Waals surface area contributed by atoms with Crippen molar-refractivity contribution in [2.45, 2.75) is 45.6 Å². The molecule has 140 valence electrons. The van der Waals surface area contributed by atoms with Crippen LogP contribution in [0.25, 0.3) is 0 Å². The maximum atomic E-state index is 12.5. The summed E-state index contributed by atoms with van der Waals surface area (Å²) in [6, 6.07) is 7.90. The van der Waals surface area contributed by atoms with Crippen molar-refractivity contribution in [1.82, 2.24) is 15.5 Å². The van der Waals surface area contributed by atoms with Crippen LogP contribution < -0.4 is 10.6 Å². The number of amides is 1. The molecule has 1 saturated heterocycles. The lowest BCUT2D eigenvalue weighted by Crippen LogP contribution is -2.37. The molecule has 0 spiro atoms. The van der Waals surface area contributed by atoms with Crippen LogP contribution >= 0.6 is 24.0 Å². The zero-order valence-corrected chi connectivity index (χ0v) is 17.7. The van der Waals surface area contributed by atoms with Crippen molar-refractivity contribution < 1.29 is 4.79 Å². The lowest BCUT2D eigenvalue weighted by Gasteiger charge is -2.26. The molecule has 0 aromatic heterocycles. The maximum absolute atomic E-state index is 12.5. The lowest BCUT2D eigenvalue weighted by molar-refractivity contribution is 0.0724. The van der Waals surface area contributed by atoms with E-state index in [0.717, 1.165) is 62.4 Å². The minimum Gasteiger partial charge on any atom is -0.356 e. The van der Waals surface area contributed by atoms with Gasteiger partial charge in [0.05, 0.1) is 0 Å². The molecule has 2 rings (SSSR count). The molecule has 1 aromatic carbocycles. The third-order valence-electron chi connectivity index (χ3n) is 4.35. The number of carbonyl (C=O) groups is 1. The van der Waals surface area contributed by atoms with Crippen LogP contribution in [0, 0.1) is 0 Å². The van der Waals surface area contributed by atoms with E-state index in [4.69, 9.17) is 0 Å². The number of piperidine rings is 1. The first kappa shape index (κ1) is 21.7. The fraction of sp³-hybridized carbons (Fsp3) is 0.579. The number of likely N-dealkylation sites (tertiary alicyclic amines) is 1. The second-order valence-electron chi connectivity index (χ2n) is 6.26. The molecule has 6 heteroatoms. The molecule has 0 atom stereocenters. The number of carbonyl (C=O) groups excluding carboxylic acids is 1. The highest BCUT2D eigenvalue weighted by molar-refractivity contribution is 14.0. The monoisotopic (exact) mass is 458 g/mol. The number of hydrogen-bond acceptors (Lipinski definition) is 2. The van der Waals surface area contributed by atoms with E-state index in [0.29, 0.717) is 6.54 Å². The van der Waals surface area contributed by atoms with Crippen LogP contribution in [-0.4, -0.2) is 43.4 Å². The van der Waals surface area contributed by atoms with E-state index in [2.05, 4.69) is 22.5 Å². The maximum Gasteiger partial charge on any atom is 0.253 e. The molecule has 25 heavy (non-hydrogen) atoms. The molecule has 1 aromatic rings. The fourth-order valence-electron chi connectivity index (χ4n) is 2.83. The van der Waals surface area contributed by atoms with Crippen molar-refractivity contribution in [3.8, 4) is 0 Å². The van der Waals surface area contributed by atoms with E-state index in [9.17, 15) is 4.79 Å². The second kappa shape index (κ2) is 12.1. The molecule has 0 unspecified atom stereocenters. The Morgan fingerprint density at radius 2 is 1.80 bits per heavy atom. The quantitative estimate of drug-likeness (QED) is 0.298. The van der Waals surface area contributed by atoms with Gasteiger partial charge in [0.1, 0.15) is 0 Å². The van der Waals surface area contributed by atoms with Crippen LogP contribution in [0.3, 0.4) is 0 Å². The number of unbranched alkanes of at least 4 members (excludes halogenated alkanes) is 1. The fourth-order valence-corrected chi connectivity index (χ4v) is 2.83. The smallest absolute Gasteiger partial charge is 0.253 e. The van der Waals surface area contributed by atoms with Gasteiger partial charge in [-0.25, -0.2) is 0 Å². The van der Waals surface area contributed by atoms with Gasteiger partial charge in [0.25, 0.3) is 5.91 Å². The third kappa shape index (κ3) is 7.22. The van der Waals surface area contributed by atoms with E-state index < -0.39 is 0 Å². The van der Waals surface area contributed by atoms with E-state index in [1.54, 1.807) is 7.05 Å². The summed E-state index contributed by atoms with van der Waals surface area (Å²) < 4.78 is 0. The van der Waals surface area contributed by atoms with Gasteiger partial charge in [-0.2, -0.15) is 0 Å². The zero-order chi connectivity index (χ0) is 17.2. The lowest BCUT2D eigenvalue weighted by atomic mass is 10.1. The molecule has 1 aliphatic heterocycles. The molecule has 5 nitrogen and oxygen atoms in total. The van der Waals surface area contributed by atoms with Gasteiger partial charge in [-0.15, -0.1) is 24.0 Å². The summed E-state index contributed by atoms with van der Waals surface area (Å²) in [4.78, 5) is 18.6. The van der Waals surface area contributed by atoms with Gasteiger partial charge in [0, 0.05) is 38.8 Å². The highest BCUT2D eigenvalue weighted by Gasteiger charge is 2.17. The molecule has 1 fully saturated rings. The Bertz CT molecular complexity index is 539. The van der Waals surface area contributed by atoms with Gasteiger partial charge in [0.2, 0.25) is 0 Å². The average Bonchev–Trinajstić information content (AvgIpc) is 2.65. The van der Waals surface area contributed by atoms with E-state index in [1.807, 2.05) is 29.2 Å². The number of rotatable bonds is 6.